The first-order valence-corrected chi connectivity index (χ1v) is 13.7. The van der Waals surface area contributed by atoms with Crippen LogP contribution in [0, 0.1) is 0 Å². The molecule has 38 heavy (non-hydrogen) atoms. The smallest absolute Gasteiger partial charge is 0.175 e. The van der Waals surface area contributed by atoms with Crippen LogP contribution in [0.15, 0.2) is 120 Å². The third-order valence-corrected chi connectivity index (χ3v) is 8.74. The zero-order valence-corrected chi connectivity index (χ0v) is 21.3. The van der Waals surface area contributed by atoms with E-state index in [-0.39, 0.29) is 5.92 Å². The molecule has 0 N–H and O–H groups in total. The van der Waals surface area contributed by atoms with Gasteiger partial charge in [0, 0.05) is 31.5 Å². The average molecular weight is 507 g/mol. The zero-order valence-electron chi connectivity index (χ0n) is 20.5. The molecule has 0 aliphatic heterocycles. The summed E-state index contributed by atoms with van der Waals surface area (Å²) in [5, 5.41) is 3.68. The van der Waals surface area contributed by atoms with Crippen LogP contribution < -0.4 is 0 Å². The maximum Gasteiger partial charge on any atom is 0.175 e. The van der Waals surface area contributed by atoms with Gasteiger partial charge in [-0.3, -0.25) is 0 Å². The fourth-order valence-corrected chi connectivity index (χ4v) is 6.95. The summed E-state index contributed by atoms with van der Waals surface area (Å²) in [6.45, 7) is 0. The van der Waals surface area contributed by atoms with E-state index in [4.69, 9.17) is 9.40 Å². The van der Waals surface area contributed by atoms with Gasteiger partial charge in [0.25, 0.3) is 0 Å². The molecule has 3 nitrogen and oxygen atoms in total. The molecule has 3 aromatic heterocycles. The maximum absolute atomic E-state index is 6.24. The lowest BCUT2D eigenvalue weighted by molar-refractivity contribution is 0.649. The molecule has 3 heterocycles. The third-order valence-electron chi connectivity index (χ3n) is 7.52. The summed E-state index contributed by atoms with van der Waals surface area (Å²) in [5.74, 6) is 0.121. The lowest BCUT2D eigenvalue weighted by Gasteiger charge is -2.17. The highest BCUT2D eigenvalue weighted by Gasteiger charge is 2.21. The van der Waals surface area contributed by atoms with Crippen molar-refractivity contribution in [2.24, 2.45) is 0 Å². The molecular formula is C34H22N2OS. The van der Waals surface area contributed by atoms with Crippen molar-refractivity contribution in [3.8, 4) is 11.1 Å². The van der Waals surface area contributed by atoms with Crippen LogP contribution in [-0.2, 0) is 0 Å². The highest BCUT2D eigenvalue weighted by Crippen LogP contribution is 2.41. The van der Waals surface area contributed by atoms with Gasteiger partial charge in [-0.2, -0.15) is 0 Å². The van der Waals surface area contributed by atoms with Crippen LogP contribution in [0.5, 0.6) is 0 Å². The van der Waals surface area contributed by atoms with Crippen LogP contribution in [0.25, 0.3) is 58.9 Å². The fraction of sp³-hybridized carbons (Fsp3) is 0.0588. The molecule has 0 bridgehead atoms. The molecule has 0 radical (unpaired) electrons. The number of para-hydroxylation sites is 1. The molecule has 4 aromatic carbocycles. The summed E-state index contributed by atoms with van der Waals surface area (Å²) < 4.78 is 8.91. The molecule has 1 aliphatic rings. The molecule has 0 saturated heterocycles. The number of thiophene rings is 1. The van der Waals surface area contributed by atoms with Crippen molar-refractivity contribution in [3.05, 3.63) is 127 Å². The van der Waals surface area contributed by atoms with Crippen molar-refractivity contribution < 1.29 is 4.42 Å². The Morgan fingerprint density at radius 1 is 0.763 bits per heavy atom. The van der Waals surface area contributed by atoms with Crippen LogP contribution in [0.1, 0.15) is 23.6 Å². The number of hydrogen-bond acceptors (Lipinski definition) is 4. The van der Waals surface area contributed by atoms with E-state index < -0.39 is 0 Å². The Labute approximate surface area is 223 Å². The molecule has 1 atom stereocenters. The molecule has 0 amide bonds. The minimum Gasteiger partial charge on any atom is -0.452 e. The molecule has 4 heteroatoms. The summed E-state index contributed by atoms with van der Waals surface area (Å²) in [4.78, 5) is 9.24. The normalized spacial score (nSPS) is 15.6. The van der Waals surface area contributed by atoms with E-state index in [1.165, 1.54) is 42.4 Å². The number of fused-ring (bicyclic) bond motifs is 6. The Hall–Kier alpha value is -4.54. The van der Waals surface area contributed by atoms with Gasteiger partial charge in [0.2, 0.25) is 0 Å². The van der Waals surface area contributed by atoms with Crippen LogP contribution in [0.2, 0.25) is 0 Å². The van der Waals surface area contributed by atoms with Gasteiger partial charge in [-0.15, -0.1) is 11.3 Å². The number of rotatable bonds is 3. The Kier molecular flexibility index (Phi) is 4.82. The first-order chi connectivity index (χ1) is 18.8. The summed E-state index contributed by atoms with van der Waals surface area (Å²) >= 11 is 1.87. The molecular weight excluding hydrogens is 484 g/mol. The Balaban J connectivity index is 1.22. The van der Waals surface area contributed by atoms with E-state index in [1.807, 2.05) is 29.5 Å². The van der Waals surface area contributed by atoms with Crippen molar-refractivity contribution >= 4 is 59.2 Å². The number of aromatic nitrogens is 2. The Morgan fingerprint density at radius 3 is 2.55 bits per heavy atom. The second-order valence-corrected chi connectivity index (χ2v) is 10.8. The molecule has 8 rings (SSSR count). The first-order valence-electron chi connectivity index (χ1n) is 12.8. The second-order valence-electron chi connectivity index (χ2n) is 9.76. The Morgan fingerprint density at radius 2 is 1.58 bits per heavy atom. The lowest BCUT2D eigenvalue weighted by atomic mass is 9.88. The number of nitrogens with zero attached hydrogens (tertiary/aromatic N) is 2. The largest absolute Gasteiger partial charge is 0.452 e. The molecule has 1 aliphatic carbocycles. The highest BCUT2D eigenvalue weighted by molar-refractivity contribution is 7.26. The quantitative estimate of drug-likeness (QED) is 0.239. The van der Waals surface area contributed by atoms with E-state index in [2.05, 4.69) is 96.0 Å². The van der Waals surface area contributed by atoms with Crippen LogP contribution >= 0.6 is 11.3 Å². The molecule has 180 valence electrons. The zero-order chi connectivity index (χ0) is 25.1. The standard InChI is InChI=1S/C34H22N2OS/c1-3-16-29-28(13-1)32-33(37-29)31(35-20-36-32)24-11-6-9-22(19-24)21-8-5-10-23(18-21)25-14-7-15-27-26-12-2-4-17-30(26)38-34(25)27/h1-10,12-20,24H,11H2. The number of furan rings is 1. The van der Waals surface area contributed by atoms with E-state index >= 15 is 0 Å². The van der Waals surface area contributed by atoms with Gasteiger partial charge in [-0.25, -0.2) is 9.97 Å². The number of benzene rings is 4. The lowest BCUT2D eigenvalue weighted by Crippen LogP contribution is -2.03. The Bertz CT molecular complexity index is 2080. The van der Waals surface area contributed by atoms with Gasteiger partial charge >= 0.3 is 0 Å². The average Bonchev–Trinajstić information content (AvgIpc) is 3.56. The van der Waals surface area contributed by atoms with Gasteiger partial charge in [0.1, 0.15) is 17.4 Å². The predicted molar refractivity (Wildman–Crippen MR) is 159 cm³/mol. The van der Waals surface area contributed by atoms with Gasteiger partial charge in [0.15, 0.2) is 5.58 Å². The summed E-state index contributed by atoms with van der Waals surface area (Å²) in [6, 6.07) is 32.3. The molecule has 0 saturated carbocycles. The van der Waals surface area contributed by atoms with Crippen LogP contribution in [-0.4, -0.2) is 9.97 Å². The molecule has 7 aromatic rings. The summed E-state index contributed by atoms with van der Waals surface area (Å²) in [6.07, 6.45) is 9.35. The molecule has 0 fully saturated rings. The van der Waals surface area contributed by atoms with Crippen molar-refractivity contribution in [1.29, 1.82) is 0 Å². The van der Waals surface area contributed by atoms with Gasteiger partial charge < -0.3 is 4.42 Å². The second kappa shape index (κ2) is 8.51. The third kappa shape index (κ3) is 3.34. The van der Waals surface area contributed by atoms with Crippen molar-refractivity contribution in [2.45, 2.75) is 12.3 Å². The minimum atomic E-state index is 0.121. The number of hydrogen-bond donors (Lipinski definition) is 0. The molecule has 0 spiro atoms. The summed E-state index contributed by atoms with van der Waals surface area (Å²) in [7, 11) is 0. The topological polar surface area (TPSA) is 38.9 Å². The van der Waals surface area contributed by atoms with Crippen molar-refractivity contribution in [2.75, 3.05) is 0 Å². The van der Waals surface area contributed by atoms with Crippen molar-refractivity contribution in [1.82, 2.24) is 9.97 Å². The summed E-state index contributed by atoms with van der Waals surface area (Å²) in [5.41, 5.74) is 8.39. The monoisotopic (exact) mass is 506 g/mol. The SMILES string of the molecule is C1=CC(c2cccc(-c3cccc4c3sc3ccccc34)c2)=CC(c2ncnc3c2oc2ccccc23)C1. The van der Waals surface area contributed by atoms with Crippen LogP contribution in [0.4, 0.5) is 0 Å². The van der Waals surface area contributed by atoms with E-state index in [9.17, 15) is 0 Å². The minimum absolute atomic E-state index is 0.121. The van der Waals surface area contributed by atoms with E-state index in [0.29, 0.717) is 0 Å². The van der Waals surface area contributed by atoms with Gasteiger partial charge in [-0.1, -0.05) is 85.0 Å². The predicted octanol–water partition coefficient (Wildman–Crippen LogP) is 9.54. The van der Waals surface area contributed by atoms with Gasteiger partial charge in [-0.05, 0) is 52.9 Å². The highest BCUT2D eigenvalue weighted by atomic mass is 32.1. The maximum atomic E-state index is 6.24. The first kappa shape index (κ1) is 21.5. The van der Waals surface area contributed by atoms with Crippen LogP contribution in [0.3, 0.4) is 0 Å². The van der Waals surface area contributed by atoms with E-state index in [0.717, 1.165) is 34.2 Å². The molecule has 1 unspecified atom stereocenters. The van der Waals surface area contributed by atoms with Crippen molar-refractivity contribution in [3.63, 3.8) is 0 Å². The van der Waals surface area contributed by atoms with E-state index in [1.54, 1.807) is 6.33 Å². The fourth-order valence-electron chi connectivity index (χ4n) is 5.71. The number of allylic oxidation sites excluding steroid dienone is 4. The van der Waals surface area contributed by atoms with Gasteiger partial charge in [0.05, 0.1) is 5.69 Å².